The number of carbonyl (C=O) groups excluding carboxylic acids is 1. The molecule has 0 spiro atoms. The van der Waals surface area contributed by atoms with E-state index in [4.69, 9.17) is 4.74 Å². The Bertz CT molecular complexity index is 793. The van der Waals surface area contributed by atoms with Crippen LogP contribution in [0.1, 0.15) is 11.1 Å². The first-order chi connectivity index (χ1) is 12.3. The van der Waals surface area contributed by atoms with Crippen LogP contribution in [0.15, 0.2) is 90.3 Å². The number of hydrazone groups is 1. The number of aromatic nitrogens is 1. The Morgan fingerprint density at radius 2 is 1.48 bits per heavy atom. The van der Waals surface area contributed by atoms with Crippen molar-refractivity contribution in [1.29, 1.82) is 0 Å². The van der Waals surface area contributed by atoms with Gasteiger partial charge in [0.05, 0.1) is 5.71 Å². The molecular formula is C20H17N3O2. The molecule has 5 nitrogen and oxygen atoms in total. The highest BCUT2D eigenvalue weighted by molar-refractivity contribution is 6.13. The van der Waals surface area contributed by atoms with E-state index in [0.717, 1.165) is 11.1 Å². The lowest BCUT2D eigenvalue weighted by atomic mass is 10.0. The third kappa shape index (κ3) is 4.75. The predicted molar refractivity (Wildman–Crippen MR) is 96.4 cm³/mol. The third-order valence-corrected chi connectivity index (χ3v) is 3.41. The van der Waals surface area contributed by atoms with Crippen molar-refractivity contribution >= 4 is 11.6 Å². The number of nitrogens with one attached hydrogen (secondary N) is 1. The van der Waals surface area contributed by atoms with Crippen LogP contribution in [0.3, 0.4) is 0 Å². The zero-order chi connectivity index (χ0) is 17.3. The van der Waals surface area contributed by atoms with Gasteiger partial charge in [0.1, 0.15) is 5.75 Å². The molecule has 3 aromatic rings. The summed E-state index contributed by atoms with van der Waals surface area (Å²) in [4.78, 5) is 16.0. The number of amides is 1. The maximum absolute atomic E-state index is 12.0. The molecule has 0 bridgehead atoms. The van der Waals surface area contributed by atoms with Crippen LogP contribution >= 0.6 is 0 Å². The first-order valence-corrected chi connectivity index (χ1v) is 7.83. The van der Waals surface area contributed by atoms with Gasteiger partial charge >= 0.3 is 0 Å². The summed E-state index contributed by atoms with van der Waals surface area (Å²) >= 11 is 0. The highest BCUT2D eigenvalue weighted by Crippen LogP contribution is 2.10. The molecule has 0 fully saturated rings. The van der Waals surface area contributed by atoms with E-state index >= 15 is 0 Å². The molecule has 0 unspecified atom stereocenters. The summed E-state index contributed by atoms with van der Waals surface area (Å²) in [6.45, 7) is -0.105. The molecule has 0 aliphatic heterocycles. The van der Waals surface area contributed by atoms with E-state index in [1.807, 2.05) is 60.7 Å². The molecule has 0 aliphatic carbocycles. The van der Waals surface area contributed by atoms with Gasteiger partial charge in [0.25, 0.3) is 5.91 Å². The van der Waals surface area contributed by atoms with Crippen molar-refractivity contribution in [3.8, 4) is 5.75 Å². The number of nitrogens with zero attached hydrogens (tertiary/aromatic N) is 2. The summed E-state index contributed by atoms with van der Waals surface area (Å²) in [5, 5.41) is 4.29. The molecule has 25 heavy (non-hydrogen) atoms. The number of hydrogen-bond donors (Lipinski definition) is 1. The fourth-order valence-electron chi connectivity index (χ4n) is 2.22. The molecule has 1 heterocycles. The molecule has 124 valence electrons. The molecule has 5 heteroatoms. The lowest BCUT2D eigenvalue weighted by Crippen LogP contribution is -2.26. The first-order valence-electron chi connectivity index (χ1n) is 7.83. The fourth-order valence-corrected chi connectivity index (χ4v) is 2.22. The van der Waals surface area contributed by atoms with Crippen LogP contribution in [0, 0.1) is 0 Å². The second-order valence-corrected chi connectivity index (χ2v) is 5.20. The molecule has 3 rings (SSSR count). The van der Waals surface area contributed by atoms with Crippen molar-refractivity contribution in [3.63, 3.8) is 0 Å². The van der Waals surface area contributed by atoms with E-state index in [-0.39, 0.29) is 12.5 Å². The van der Waals surface area contributed by atoms with Crippen LogP contribution in [0.25, 0.3) is 0 Å². The maximum atomic E-state index is 12.0. The van der Waals surface area contributed by atoms with Crippen LogP contribution < -0.4 is 10.2 Å². The van der Waals surface area contributed by atoms with Gasteiger partial charge in [-0.3, -0.25) is 9.78 Å². The molecule has 0 atom stereocenters. The normalized spacial score (nSPS) is 11.0. The van der Waals surface area contributed by atoms with E-state index in [1.54, 1.807) is 24.5 Å². The molecule has 1 N–H and O–H groups in total. The summed E-state index contributed by atoms with van der Waals surface area (Å²) in [5.74, 6) is 0.311. The number of carbonyl (C=O) groups is 1. The molecule has 0 radical (unpaired) electrons. The van der Waals surface area contributed by atoms with Gasteiger partial charge in [-0.1, -0.05) is 48.5 Å². The standard InChI is InChI=1S/C20H17N3O2/c24-19(15-25-18-9-5-2-6-10-18)22-23-20(16-7-3-1-4-8-16)17-11-13-21-14-12-17/h1-14H,15H2,(H,22,24)/b23-20+. The highest BCUT2D eigenvalue weighted by atomic mass is 16.5. The fraction of sp³-hybridized carbons (Fsp3) is 0.0500. The molecular weight excluding hydrogens is 314 g/mol. The molecule has 0 aliphatic rings. The first kappa shape index (κ1) is 16.4. The lowest BCUT2D eigenvalue weighted by molar-refractivity contribution is -0.123. The van der Waals surface area contributed by atoms with Crippen LogP contribution in [0.2, 0.25) is 0 Å². The second kappa shape index (κ2) is 8.40. The maximum Gasteiger partial charge on any atom is 0.277 e. The minimum atomic E-state index is -0.327. The lowest BCUT2D eigenvalue weighted by Gasteiger charge is -2.08. The Kier molecular flexibility index (Phi) is 5.51. The zero-order valence-electron chi connectivity index (χ0n) is 13.5. The Balaban J connectivity index is 1.72. The van der Waals surface area contributed by atoms with Crippen LogP contribution in [-0.2, 0) is 4.79 Å². The number of pyridine rings is 1. The van der Waals surface area contributed by atoms with E-state index in [2.05, 4.69) is 15.5 Å². The summed E-state index contributed by atoms with van der Waals surface area (Å²) in [6, 6.07) is 22.5. The van der Waals surface area contributed by atoms with Gasteiger partial charge in [0.2, 0.25) is 0 Å². The summed E-state index contributed by atoms with van der Waals surface area (Å²) < 4.78 is 5.42. The van der Waals surface area contributed by atoms with Crippen LogP contribution in [0.4, 0.5) is 0 Å². The largest absolute Gasteiger partial charge is 0.484 e. The van der Waals surface area contributed by atoms with Crippen molar-refractivity contribution < 1.29 is 9.53 Å². The van der Waals surface area contributed by atoms with Gasteiger partial charge in [-0.2, -0.15) is 5.10 Å². The quantitative estimate of drug-likeness (QED) is 0.558. The Hall–Kier alpha value is -3.47. The van der Waals surface area contributed by atoms with Gasteiger partial charge in [-0.25, -0.2) is 5.43 Å². The number of para-hydroxylation sites is 1. The summed E-state index contributed by atoms with van der Waals surface area (Å²) in [6.07, 6.45) is 3.38. The van der Waals surface area contributed by atoms with Gasteiger partial charge in [0, 0.05) is 23.5 Å². The Morgan fingerprint density at radius 1 is 0.880 bits per heavy atom. The highest BCUT2D eigenvalue weighted by Gasteiger charge is 2.08. The van der Waals surface area contributed by atoms with Crippen LogP contribution in [0.5, 0.6) is 5.75 Å². The van der Waals surface area contributed by atoms with Gasteiger partial charge < -0.3 is 4.74 Å². The predicted octanol–water partition coefficient (Wildman–Crippen LogP) is 3.03. The monoisotopic (exact) mass is 331 g/mol. The summed E-state index contributed by atoms with van der Waals surface area (Å²) in [5.41, 5.74) is 4.98. The molecule has 1 amide bonds. The zero-order valence-corrected chi connectivity index (χ0v) is 13.5. The average Bonchev–Trinajstić information content (AvgIpc) is 2.69. The Morgan fingerprint density at radius 3 is 2.16 bits per heavy atom. The number of benzene rings is 2. The van der Waals surface area contributed by atoms with Crippen molar-refractivity contribution in [2.24, 2.45) is 5.10 Å². The van der Waals surface area contributed by atoms with Gasteiger partial charge in [0.15, 0.2) is 6.61 Å². The molecule has 2 aromatic carbocycles. The van der Waals surface area contributed by atoms with Gasteiger partial charge in [-0.05, 0) is 24.3 Å². The van der Waals surface area contributed by atoms with Gasteiger partial charge in [-0.15, -0.1) is 0 Å². The molecule has 1 aromatic heterocycles. The summed E-state index contributed by atoms with van der Waals surface area (Å²) in [7, 11) is 0. The minimum Gasteiger partial charge on any atom is -0.484 e. The van der Waals surface area contributed by atoms with E-state index in [0.29, 0.717) is 11.5 Å². The number of ether oxygens (including phenoxy) is 1. The van der Waals surface area contributed by atoms with Crippen molar-refractivity contribution in [2.45, 2.75) is 0 Å². The smallest absolute Gasteiger partial charge is 0.277 e. The SMILES string of the molecule is O=C(COc1ccccc1)N/N=C(\c1ccccc1)c1ccncc1. The van der Waals surface area contributed by atoms with Crippen molar-refractivity contribution in [1.82, 2.24) is 10.4 Å². The topological polar surface area (TPSA) is 63.6 Å². The van der Waals surface area contributed by atoms with Crippen LogP contribution in [-0.4, -0.2) is 23.2 Å². The number of rotatable bonds is 6. The third-order valence-electron chi connectivity index (χ3n) is 3.41. The average molecular weight is 331 g/mol. The molecule has 0 saturated heterocycles. The van der Waals surface area contributed by atoms with E-state index in [1.165, 1.54) is 0 Å². The van der Waals surface area contributed by atoms with E-state index in [9.17, 15) is 4.79 Å². The van der Waals surface area contributed by atoms with E-state index < -0.39 is 0 Å². The minimum absolute atomic E-state index is 0.105. The Labute approximate surface area is 146 Å². The number of hydrogen-bond acceptors (Lipinski definition) is 4. The second-order valence-electron chi connectivity index (χ2n) is 5.20. The molecule has 0 saturated carbocycles. The van der Waals surface area contributed by atoms with Crippen molar-refractivity contribution in [2.75, 3.05) is 6.61 Å². The van der Waals surface area contributed by atoms with Crippen molar-refractivity contribution in [3.05, 3.63) is 96.3 Å².